The molecule has 1 aliphatic rings. The van der Waals surface area contributed by atoms with Crippen molar-refractivity contribution < 1.29 is 4.74 Å². The average Bonchev–Trinajstić information content (AvgIpc) is 3.05. The molecule has 1 aromatic carbocycles. The monoisotopic (exact) mass is 311 g/mol. The third-order valence-corrected chi connectivity index (χ3v) is 4.58. The van der Waals surface area contributed by atoms with E-state index in [2.05, 4.69) is 48.0 Å². The minimum Gasteiger partial charge on any atom is -0.378 e. The van der Waals surface area contributed by atoms with E-state index in [-0.39, 0.29) is 0 Å². The molecule has 0 radical (unpaired) electrons. The summed E-state index contributed by atoms with van der Waals surface area (Å²) in [5, 5.41) is 0. The van der Waals surface area contributed by atoms with Crippen LogP contribution in [0.1, 0.15) is 48.2 Å². The Labute approximate surface area is 138 Å². The number of aromatic nitrogens is 2. The minimum atomic E-state index is 0.374. The predicted molar refractivity (Wildman–Crippen MR) is 92.6 cm³/mol. The number of benzene rings is 1. The predicted octanol–water partition coefficient (Wildman–Crippen LogP) is 3.84. The zero-order valence-corrected chi connectivity index (χ0v) is 14.2. The molecule has 4 heteroatoms. The molecule has 1 unspecified atom stereocenters. The lowest BCUT2D eigenvalue weighted by atomic mass is 10.0. The van der Waals surface area contributed by atoms with Gasteiger partial charge in [-0.2, -0.15) is 0 Å². The summed E-state index contributed by atoms with van der Waals surface area (Å²) in [5.41, 5.74) is 4.82. The zero-order chi connectivity index (χ0) is 16.2. The van der Waals surface area contributed by atoms with Crippen LogP contribution in [-0.2, 0) is 17.8 Å². The molecular weight excluding hydrogens is 286 g/mol. The Morgan fingerprint density at radius 1 is 1.26 bits per heavy atom. The van der Waals surface area contributed by atoms with Gasteiger partial charge in [-0.3, -0.25) is 0 Å². The van der Waals surface area contributed by atoms with Gasteiger partial charge in [0, 0.05) is 19.9 Å². The van der Waals surface area contributed by atoms with Crippen molar-refractivity contribution in [1.29, 1.82) is 0 Å². The van der Waals surface area contributed by atoms with Gasteiger partial charge in [-0.1, -0.05) is 36.8 Å². The number of anilines is 1. The lowest BCUT2D eigenvalue weighted by Gasteiger charge is -2.26. The van der Waals surface area contributed by atoms with Crippen LogP contribution in [0.4, 0.5) is 5.95 Å². The molecule has 4 nitrogen and oxygen atoms in total. The highest BCUT2D eigenvalue weighted by Gasteiger charge is 2.28. The maximum atomic E-state index is 5.30. The van der Waals surface area contributed by atoms with Gasteiger partial charge in [0.2, 0.25) is 5.95 Å². The van der Waals surface area contributed by atoms with E-state index < -0.39 is 0 Å². The van der Waals surface area contributed by atoms with Gasteiger partial charge in [-0.15, -0.1) is 0 Å². The second kappa shape index (κ2) is 7.09. The van der Waals surface area contributed by atoms with E-state index in [1.54, 1.807) is 7.11 Å². The molecule has 23 heavy (non-hydrogen) atoms. The summed E-state index contributed by atoms with van der Waals surface area (Å²) < 4.78 is 5.30. The Hall–Kier alpha value is -1.94. The van der Waals surface area contributed by atoms with Gasteiger partial charge >= 0.3 is 0 Å². The van der Waals surface area contributed by atoms with Crippen LogP contribution in [0.15, 0.2) is 30.5 Å². The number of aryl methyl sites for hydroxylation is 2. The summed E-state index contributed by atoms with van der Waals surface area (Å²) in [6.07, 6.45) is 5.22. The number of rotatable bonds is 5. The largest absolute Gasteiger partial charge is 0.378 e. The average molecular weight is 311 g/mol. The van der Waals surface area contributed by atoms with E-state index in [0.717, 1.165) is 31.0 Å². The van der Waals surface area contributed by atoms with Crippen LogP contribution in [-0.4, -0.2) is 23.6 Å². The quantitative estimate of drug-likeness (QED) is 0.841. The molecule has 2 aromatic rings. The second-order valence-corrected chi connectivity index (χ2v) is 6.19. The van der Waals surface area contributed by atoms with Gasteiger partial charge in [-0.25, -0.2) is 9.97 Å². The smallest absolute Gasteiger partial charge is 0.226 e. The summed E-state index contributed by atoms with van der Waals surface area (Å²) in [6.45, 7) is 5.81. The molecule has 1 saturated heterocycles. The lowest BCUT2D eigenvalue weighted by molar-refractivity contribution is 0.180. The van der Waals surface area contributed by atoms with Crippen molar-refractivity contribution >= 4 is 5.95 Å². The standard InChI is InChI=1S/C19H25N3O/c1-4-15-12-20-19(21-17(15)13-23-3)22-11-5-6-18(22)16-9-7-14(2)8-10-16/h7-10,12,18H,4-6,11,13H2,1-3H3. The van der Waals surface area contributed by atoms with Gasteiger partial charge in [0.15, 0.2) is 0 Å². The molecule has 1 aromatic heterocycles. The van der Waals surface area contributed by atoms with Crippen LogP contribution < -0.4 is 4.90 Å². The SMILES string of the molecule is CCc1cnc(N2CCCC2c2ccc(C)cc2)nc1COC. The Morgan fingerprint density at radius 2 is 2.04 bits per heavy atom. The lowest BCUT2D eigenvalue weighted by Crippen LogP contribution is -2.25. The molecule has 0 aliphatic carbocycles. The summed E-state index contributed by atoms with van der Waals surface area (Å²) in [6, 6.07) is 9.20. The summed E-state index contributed by atoms with van der Waals surface area (Å²) >= 11 is 0. The molecular formula is C19H25N3O. The number of nitrogens with zero attached hydrogens (tertiary/aromatic N) is 3. The van der Waals surface area contributed by atoms with Crippen molar-refractivity contribution in [3.05, 3.63) is 52.8 Å². The van der Waals surface area contributed by atoms with Gasteiger partial charge in [0.05, 0.1) is 18.3 Å². The van der Waals surface area contributed by atoms with Crippen LogP contribution >= 0.6 is 0 Å². The van der Waals surface area contributed by atoms with Crippen molar-refractivity contribution in [2.75, 3.05) is 18.6 Å². The third-order valence-electron chi connectivity index (χ3n) is 4.58. The molecule has 1 fully saturated rings. The fourth-order valence-corrected chi connectivity index (χ4v) is 3.27. The van der Waals surface area contributed by atoms with Crippen LogP contribution in [0.2, 0.25) is 0 Å². The highest BCUT2D eigenvalue weighted by Crippen LogP contribution is 2.34. The summed E-state index contributed by atoms with van der Waals surface area (Å²) in [7, 11) is 1.71. The number of hydrogen-bond acceptors (Lipinski definition) is 4. The fraction of sp³-hybridized carbons (Fsp3) is 0.474. The normalized spacial score (nSPS) is 17.7. The highest BCUT2D eigenvalue weighted by atomic mass is 16.5. The maximum absolute atomic E-state index is 5.30. The molecule has 0 saturated carbocycles. The number of ether oxygens (including phenoxy) is 1. The maximum Gasteiger partial charge on any atom is 0.226 e. The van der Waals surface area contributed by atoms with Crippen LogP contribution in [0, 0.1) is 6.92 Å². The Morgan fingerprint density at radius 3 is 2.74 bits per heavy atom. The van der Waals surface area contributed by atoms with Gasteiger partial charge in [0.1, 0.15) is 0 Å². The first-order valence-corrected chi connectivity index (χ1v) is 8.40. The van der Waals surface area contributed by atoms with Crippen LogP contribution in [0.25, 0.3) is 0 Å². The van der Waals surface area contributed by atoms with Crippen molar-refractivity contribution in [3.63, 3.8) is 0 Å². The van der Waals surface area contributed by atoms with Gasteiger partial charge in [-0.05, 0) is 37.3 Å². The topological polar surface area (TPSA) is 38.2 Å². The summed E-state index contributed by atoms with van der Waals surface area (Å²) in [4.78, 5) is 11.8. The zero-order valence-electron chi connectivity index (χ0n) is 14.2. The van der Waals surface area contributed by atoms with Gasteiger partial charge in [0.25, 0.3) is 0 Å². The van der Waals surface area contributed by atoms with E-state index in [1.165, 1.54) is 23.1 Å². The first kappa shape index (κ1) is 15.9. The highest BCUT2D eigenvalue weighted by molar-refractivity contribution is 5.40. The second-order valence-electron chi connectivity index (χ2n) is 6.19. The molecule has 3 rings (SSSR count). The first-order valence-electron chi connectivity index (χ1n) is 8.40. The van der Waals surface area contributed by atoms with Crippen molar-refractivity contribution in [3.8, 4) is 0 Å². The number of methoxy groups -OCH3 is 1. The third kappa shape index (κ3) is 3.37. The van der Waals surface area contributed by atoms with E-state index in [0.29, 0.717) is 12.6 Å². The van der Waals surface area contributed by atoms with E-state index in [4.69, 9.17) is 9.72 Å². The van der Waals surface area contributed by atoms with E-state index in [1.807, 2.05) is 6.20 Å². The molecule has 0 N–H and O–H groups in total. The van der Waals surface area contributed by atoms with E-state index >= 15 is 0 Å². The van der Waals surface area contributed by atoms with Crippen molar-refractivity contribution in [1.82, 2.24) is 9.97 Å². The van der Waals surface area contributed by atoms with Crippen LogP contribution in [0.5, 0.6) is 0 Å². The Bertz CT molecular complexity index is 654. The Balaban J connectivity index is 1.90. The van der Waals surface area contributed by atoms with E-state index in [9.17, 15) is 0 Å². The first-order chi connectivity index (χ1) is 11.2. The molecule has 2 heterocycles. The van der Waals surface area contributed by atoms with Gasteiger partial charge < -0.3 is 9.64 Å². The van der Waals surface area contributed by atoms with Crippen molar-refractivity contribution in [2.45, 2.75) is 45.8 Å². The van der Waals surface area contributed by atoms with Crippen LogP contribution in [0.3, 0.4) is 0 Å². The minimum absolute atomic E-state index is 0.374. The molecule has 1 aliphatic heterocycles. The molecule has 1 atom stereocenters. The summed E-state index contributed by atoms with van der Waals surface area (Å²) in [5.74, 6) is 0.831. The number of hydrogen-bond donors (Lipinski definition) is 0. The molecule has 0 amide bonds. The molecule has 0 bridgehead atoms. The molecule has 122 valence electrons. The molecule has 0 spiro atoms. The fourth-order valence-electron chi connectivity index (χ4n) is 3.27. The Kier molecular flexibility index (Phi) is 4.91. The van der Waals surface area contributed by atoms with Crippen molar-refractivity contribution in [2.24, 2.45) is 0 Å².